The Morgan fingerprint density at radius 1 is 1.21 bits per heavy atom. The highest BCUT2D eigenvalue weighted by Gasteiger charge is 2.11. The first-order valence-electron chi connectivity index (χ1n) is 5.48. The minimum Gasteiger partial charge on any atom is -0.392 e. The second-order valence-electron chi connectivity index (χ2n) is 4.85. The van der Waals surface area contributed by atoms with E-state index in [1.807, 2.05) is 6.92 Å². The second-order valence-corrected chi connectivity index (χ2v) is 4.85. The van der Waals surface area contributed by atoms with Gasteiger partial charge < -0.3 is 15.3 Å². The maximum atomic E-state index is 9.19. The summed E-state index contributed by atoms with van der Waals surface area (Å²) in [6, 6.07) is 0.486. The third-order valence-corrected chi connectivity index (χ3v) is 2.04. The number of hydrogen-bond acceptors (Lipinski definition) is 3. The van der Waals surface area contributed by atoms with Gasteiger partial charge in [-0.2, -0.15) is 0 Å². The Kier molecular flexibility index (Phi) is 7.15. The summed E-state index contributed by atoms with van der Waals surface area (Å²) in [5, 5.41) is 12.6. The van der Waals surface area contributed by atoms with Gasteiger partial charge in [-0.05, 0) is 33.4 Å². The van der Waals surface area contributed by atoms with Crippen molar-refractivity contribution in [2.75, 3.05) is 27.2 Å². The lowest BCUT2D eigenvalue weighted by Gasteiger charge is -2.24. The smallest absolute Gasteiger partial charge is 0.0636 e. The summed E-state index contributed by atoms with van der Waals surface area (Å²) in [6.07, 6.45) is 0.900. The lowest BCUT2D eigenvalue weighted by atomic mass is 10.0. The van der Waals surface area contributed by atoms with Crippen molar-refractivity contribution in [2.24, 2.45) is 5.92 Å². The Hall–Kier alpha value is -0.120. The lowest BCUT2D eigenvalue weighted by Crippen LogP contribution is -2.42. The Morgan fingerprint density at radius 2 is 1.79 bits per heavy atom. The Labute approximate surface area is 88.5 Å². The number of nitrogens with zero attached hydrogens (tertiary/aromatic N) is 1. The molecule has 0 radical (unpaired) electrons. The van der Waals surface area contributed by atoms with Crippen LogP contribution in [0, 0.1) is 5.92 Å². The molecule has 3 heteroatoms. The van der Waals surface area contributed by atoms with Crippen LogP contribution >= 0.6 is 0 Å². The molecule has 0 saturated heterocycles. The van der Waals surface area contributed by atoms with E-state index in [0.717, 1.165) is 13.0 Å². The topological polar surface area (TPSA) is 35.5 Å². The summed E-state index contributed by atoms with van der Waals surface area (Å²) in [7, 11) is 4.16. The predicted molar refractivity (Wildman–Crippen MR) is 61.5 cm³/mol. The number of hydrogen-bond donors (Lipinski definition) is 2. The molecule has 0 aromatic rings. The quantitative estimate of drug-likeness (QED) is 0.645. The molecular formula is C11H26N2O. The van der Waals surface area contributed by atoms with E-state index >= 15 is 0 Å². The number of likely N-dealkylation sites (N-methyl/N-ethyl adjacent to an activating group) is 1. The third kappa shape index (κ3) is 8.48. The molecular weight excluding hydrogens is 176 g/mol. The van der Waals surface area contributed by atoms with Crippen molar-refractivity contribution in [1.82, 2.24) is 10.2 Å². The number of aliphatic hydroxyl groups excluding tert-OH is 1. The van der Waals surface area contributed by atoms with E-state index in [-0.39, 0.29) is 6.10 Å². The molecule has 86 valence electrons. The van der Waals surface area contributed by atoms with Gasteiger partial charge in [-0.3, -0.25) is 0 Å². The molecule has 0 heterocycles. The van der Waals surface area contributed by atoms with Gasteiger partial charge in [0.15, 0.2) is 0 Å². The predicted octanol–water partition coefficient (Wildman–Crippen LogP) is 0.933. The highest BCUT2D eigenvalue weighted by Crippen LogP contribution is 2.05. The highest BCUT2D eigenvalue weighted by atomic mass is 16.3. The number of aliphatic hydroxyl groups is 1. The van der Waals surface area contributed by atoms with E-state index in [9.17, 15) is 5.11 Å². The fraction of sp³-hybridized carbons (Fsp3) is 1.00. The maximum absolute atomic E-state index is 9.19. The van der Waals surface area contributed by atoms with Crippen LogP contribution in [-0.2, 0) is 0 Å². The zero-order valence-electron chi connectivity index (χ0n) is 10.2. The molecule has 3 nitrogen and oxygen atoms in total. The van der Waals surface area contributed by atoms with Crippen LogP contribution in [0.5, 0.6) is 0 Å². The minimum atomic E-state index is -0.258. The van der Waals surface area contributed by atoms with Crippen LogP contribution in [0.4, 0.5) is 0 Å². The van der Waals surface area contributed by atoms with Gasteiger partial charge >= 0.3 is 0 Å². The van der Waals surface area contributed by atoms with Gasteiger partial charge in [0.05, 0.1) is 6.10 Å². The summed E-state index contributed by atoms with van der Waals surface area (Å²) in [4.78, 5) is 2.18. The van der Waals surface area contributed by atoms with Crippen molar-refractivity contribution in [3.8, 4) is 0 Å². The molecule has 0 saturated carbocycles. The van der Waals surface area contributed by atoms with Crippen LogP contribution in [0.3, 0.4) is 0 Å². The molecule has 0 amide bonds. The fourth-order valence-electron chi connectivity index (χ4n) is 1.57. The second kappa shape index (κ2) is 7.21. The summed E-state index contributed by atoms with van der Waals surface area (Å²) >= 11 is 0. The average Bonchev–Trinajstić information content (AvgIpc) is 1.97. The molecule has 0 spiro atoms. The fourth-order valence-corrected chi connectivity index (χ4v) is 1.57. The molecule has 2 N–H and O–H groups in total. The Morgan fingerprint density at radius 3 is 2.14 bits per heavy atom. The molecule has 2 unspecified atom stereocenters. The highest BCUT2D eigenvalue weighted by molar-refractivity contribution is 4.72. The van der Waals surface area contributed by atoms with Gasteiger partial charge in [-0.25, -0.2) is 0 Å². The van der Waals surface area contributed by atoms with Crippen LogP contribution in [0.2, 0.25) is 0 Å². The van der Waals surface area contributed by atoms with Gasteiger partial charge in [0.25, 0.3) is 0 Å². The maximum Gasteiger partial charge on any atom is 0.0636 e. The molecule has 0 bridgehead atoms. The summed E-state index contributed by atoms with van der Waals surface area (Å²) in [5.41, 5.74) is 0. The van der Waals surface area contributed by atoms with Gasteiger partial charge in [0.1, 0.15) is 0 Å². The monoisotopic (exact) mass is 202 g/mol. The van der Waals surface area contributed by atoms with E-state index in [2.05, 4.69) is 38.2 Å². The van der Waals surface area contributed by atoms with E-state index in [1.54, 1.807) is 0 Å². The van der Waals surface area contributed by atoms with E-state index in [1.165, 1.54) is 0 Å². The van der Waals surface area contributed by atoms with Crippen LogP contribution in [0.25, 0.3) is 0 Å². The molecule has 0 fully saturated rings. The summed E-state index contributed by atoms with van der Waals surface area (Å²) in [5.74, 6) is 0.696. The van der Waals surface area contributed by atoms with Crippen molar-refractivity contribution < 1.29 is 5.11 Å². The van der Waals surface area contributed by atoms with Crippen LogP contribution in [-0.4, -0.2) is 49.3 Å². The average molecular weight is 202 g/mol. The molecule has 0 aromatic carbocycles. The molecule has 0 aromatic heterocycles. The standard InChI is InChI=1S/C11H26N2O/c1-9(2)6-11(8-13(4)5)12-7-10(3)14/h9-12,14H,6-8H2,1-5H3. The zero-order valence-corrected chi connectivity index (χ0v) is 10.2. The lowest BCUT2D eigenvalue weighted by molar-refractivity contribution is 0.178. The zero-order chi connectivity index (χ0) is 11.1. The molecule has 2 atom stereocenters. The van der Waals surface area contributed by atoms with Crippen LogP contribution < -0.4 is 5.32 Å². The number of nitrogens with one attached hydrogen (secondary N) is 1. The Bertz CT molecular complexity index is 125. The van der Waals surface area contributed by atoms with Gasteiger partial charge in [-0.15, -0.1) is 0 Å². The van der Waals surface area contributed by atoms with Gasteiger partial charge in [0.2, 0.25) is 0 Å². The van der Waals surface area contributed by atoms with Gasteiger partial charge in [0, 0.05) is 19.1 Å². The van der Waals surface area contributed by atoms with Crippen molar-refractivity contribution in [2.45, 2.75) is 39.3 Å². The first-order chi connectivity index (χ1) is 6.41. The molecule has 0 rings (SSSR count). The van der Waals surface area contributed by atoms with E-state index in [4.69, 9.17) is 0 Å². The number of rotatable bonds is 7. The van der Waals surface area contributed by atoms with Crippen molar-refractivity contribution in [3.63, 3.8) is 0 Å². The van der Waals surface area contributed by atoms with Crippen molar-refractivity contribution >= 4 is 0 Å². The van der Waals surface area contributed by atoms with Crippen LogP contribution in [0.1, 0.15) is 27.2 Å². The summed E-state index contributed by atoms with van der Waals surface area (Å²) in [6.45, 7) is 7.99. The normalized spacial score (nSPS) is 16.3. The SMILES string of the molecule is CC(C)CC(CN(C)C)NCC(C)O. The van der Waals surface area contributed by atoms with E-state index in [0.29, 0.717) is 18.5 Å². The first kappa shape index (κ1) is 13.9. The molecule has 0 aliphatic heterocycles. The van der Waals surface area contributed by atoms with Crippen molar-refractivity contribution in [1.29, 1.82) is 0 Å². The van der Waals surface area contributed by atoms with Gasteiger partial charge in [-0.1, -0.05) is 13.8 Å². The minimum absolute atomic E-state index is 0.258. The van der Waals surface area contributed by atoms with E-state index < -0.39 is 0 Å². The largest absolute Gasteiger partial charge is 0.392 e. The molecule has 14 heavy (non-hydrogen) atoms. The molecule has 0 aliphatic rings. The van der Waals surface area contributed by atoms with Crippen LogP contribution in [0.15, 0.2) is 0 Å². The molecule has 0 aliphatic carbocycles. The Balaban J connectivity index is 3.84. The third-order valence-electron chi connectivity index (χ3n) is 2.04. The van der Waals surface area contributed by atoms with Crippen molar-refractivity contribution in [3.05, 3.63) is 0 Å². The summed E-state index contributed by atoms with van der Waals surface area (Å²) < 4.78 is 0. The first-order valence-corrected chi connectivity index (χ1v) is 5.48.